The van der Waals surface area contributed by atoms with Crippen LogP contribution in [0.4, 0.5) is 5.13 Å². The number of halogens is 1. The molecule has 0 spiro atoms. The first-order valence-corrected chi connectivity index (χ1v) is 8.75. The van der Waals surface area contributed by atoms with Crippen molar-refractivity contribution in [1.82, 2.24) is 10.3 Å². The van der Waals surface area contributed by atoms with E-state index in [-0.39, 0.29) is 12.3 Å². The monoisotopic (exact) mass is 379 g/mol. The van der Waals surface area contributed by atoms with Gasteiger partial charge in [-0.2, -0.15) is 0 Å². The predicted octanol–water partition coefficient (Wildman–Crippen LogP) is 2.22. The van der Waals surface area contributed by atoms with Gasteiger partial charge in [0.1, 0.15) is 6.04 Å². The maximum Gasteiger partial charge on any atom is 0.329 e. The van der Waals surface area contributed by atoms with Crippen molar-refractivity contribution < 1.29 is 19.1 Å². The molecule has 25 heavy (non-hydrogen) atoms. The summed E-state index contributed by atoms with van der Waals surface area (Å²) in [7, 11) is 0. The smallest absolute Gasteiger partial charge is 0.329 e. The molecule has 0 aliphatic carbocycles. The Morgan fingerprint density at radius 3 is 2.92 bits per heavy atom. The van der Waals surface area contributed by atoms with Crippen molar-refractivity contribution in [1.29, 1.82) is 0 Å². The lowest BCUT2D eigenvalue weighted by Crippen LogP contribution is -2.36. The summed E-state index contributed by atoms with van der Waals surface area (Å²) in [5.41, 5.74) is 1.42. The van der Waals surface area contributed by atoms with Gasteiger partial charge in [0.05, 0.1) is 5.69 Å². The number of hydrogen-bond acceptors (Lipinski definition) is 6. The van der Waals surface area contributed by atoms with Crippen LogP contribution in [0.15, 0.2) is 29.6 Å². The van der Waals surface area contributed by atoms with Gasteiger partial charge in [0.2, 0.25) is 5.91 Å². The number of amides is 2. The van der Waals surface area contributed by atoms with E-state index in [9.17, 15) is 14.4 Å². The van der Waals surface area contributed by atoms with Crippen molar-refractivity contribution in [3.05, 3.63) is 34.7 Å². The lowest BCUT2D eigenvalue weighted by atomic mass is 10.2. The number of benzene rings is 1. The summed E-state index contributed by atoms with van der Waals surface area (Å²) in [4.78, 5) is 39.0. The van der Waals surface area contributed by atoms with Crippen molar-refractivity contribution in [2.24, 2.45) is 0 Å². The largest absolute Gasteiger partial charge is 0.454 e. The van der Waals surface area contributed by atoms with Crippen molar-refractivity contribution in [2.45, 2.75) is 18.9 Å². The van der Waals surface area contributed by atoms with Crippen LogP contribution in [-0.4, -0.2) is 35.4 Å². The second kappa shape index (κ2) is 7.62. The normalized spacial score (nSPS) is 16.4. The van der Waals surface area contributed by atoms with Crippen molar-refractivity contribution in [3.8, 4) is 11.3 Å². The summed E-state index contributed by atoms with van der Waals surface area (Å²) < 4.78 is 4.91. The van der Waals surface area contributed by atoms with Crippen LogP contribution in [0.25, 0.3) is 11.3 Å². The highest BCUT2D eigenvalue weighted by Gasteiger charge is 2.28. The summed E-state index contributed by atoms with van der Waals surface area (Å²) in [6, 6.07) is 6.59. The number of rotatable bonds is 5. The van der Waals surface area contributed by atoms with Gasteiger partial charge in [0.15, 0.2) is 11.7 Å². The maximum atomic E-state index is 11.9. The number of hydrogen-bond donors (Lipinski definition) is 2. The number of nitrogens with zero attached hydrogens (tertiary/aromatic N) is 1. The number of carbonyl (C=O) groups is 3. The van der Waals surface area contributed by atoms with Crippen LogP contribution in [0.2, 0.25) is 5.02 Å². The van der Waals surface area contributed by atoms with E-state index < -0.39 is 24.5 Å². The van der Waals surface area contributed by atoms with Crippen LogP contribution in [0.1, 0.15) is 12.8 Å². The van der Waals surface area contributed by atoms with Crippen molar-refractivity contribution >= 4 is 45.9 Å². The quantitative estimate of drug-likeness (QED) is 0.776. The van der Waals surface area contributed by atoms with E-state index in [2.05, 4.69) is 15.6 Å². The molecule has 130 valence electrons. The minimum Gasteiger partial charge on any atom is -0.454 e. The molecule has 1 saturated heterocycles. The fourth-order valence-corrected chi connectivity index (χ4v) is 3.27. The number of carbonyl (C=O) groups excluding carboxylic acids is 3. The number of thiazole rings is 1. The van der Waals surface area contributed by atoms with E-state index in [1.54, 1.807) is 11.4 Å². The Kier molecular flexibility index (Phi) is 5.30. The average Bonchev–Trinajstić information content (AvgIpc) is 3.22. The molecule has 2 amide bonds. The van der Waals surface area contributed by atoms with Gasteiger partial charge in [-0.25, -0.2) is 9.78 Å². The van der Waals surface area contributed by atoms with E-state index >= 15 is 0 Å². The van der Waals surface area contributed by atoms with Gasteiger partial charge < -0.3 is 10.1 Å². The van der Waals surface area contributed by atoms with Crippen molar-refractivity contribution in [3.63, 3.8) is 0 Å². The zero-order valence-electron chi connectivity index (χ0n) is 13.0. The standard InChI is InChI=1S/C16H14ClN3O4S/c17-10-4-2-1-3-9(10)12-8-25-16(19-12)20-14(22)7-24-15(23)11-5-6-13(21)18-11/h1-4,8,11H,5-7H2,(H,18,21)(H,19,20,22)/t11-/m1/s1. The van der Waals surface area contributed by atoms with E-state index in [0.29, 0.717) is 22.3 Å². The number of aromatic nitrogens is 1. The van der Waals surface area contributed by atoms with Gasteiger partial charge >= 0.3 is 5.97 Å². The van der Waals surface area contributed by atoms with Crippen LogP contribution >= 0.6 is 22.9 Å². The minimum atomic E-state index is -0.674. The summed E-state index contributed by atoms with van der Waals surface area (Å²) in [5, 5.41) is 7.78. The molecular formula is C16H14ClN3O4S. The maximum absolute atomic E-state index is 11.9. The molecular weight excluding hydrogens is 366 g/mol. The Hall–Kier alpha value is -2.45. The molecule has 0 unspecified atom stereocenters. The first kappa shape index (κ1) is 17.4. The molecule has 1 aliphatic rings. The molecule has 3 rings (SSSR count). The third-order valence-electron chi connectivity index (χ3n) is 3.53. The van der Waals surface area contributed by atoms with Crippen LogP contribution in [0, 0.1) is 0 Å². The highest BCUT2D eigenvalue weighted by Crippen LogP contribution is 2.30. The molecule has 2 heterocycles. The molecule has 2 N–H and O–H groups in total. The molecule has 1 aromatic carbocycles. The number of anilines is 1. The SMILES string of the molecule is O=C(COC(=O)[C@H]1CCC(=O)N1)Nc1nc(-c2ccccc2Cl)cs1. The second-order valence-electron chi connectivity index (χ2n) is 5.33. The summed E-state index contributed by atoms with van der Waals surface area (Å²) in [5.74, 6) is -1.31. The Morgan fingerprint density at radius 1 is 1.40 bits per heavy atom. The summed E-state index contributed by atoms with van der Waals surface area (Å²) >= 11 is 7.36. The minimum absolute atomic E-state index is 0.193. The molecule has 9 heteroatoms. The lowest BCUT2D eigenvalue weighted by Gasteiger charge is -2.09. The molecule has 2 aromatic rings. The topological polar surface area (TPSA) is 97.4 Å². The molecule has 0 bridgehead atoms. The molecule has 1 atom stereocenters. The zero-order chi connectivity index (χ0) is 17.8. The summed E-state index contributed by atoms with van der Waals surface area (Å²) in [6.07, 6.45) is 0.670. The molecule has 0 saturated carbocycles. The zero-order valence-corrected chi connectivity index (χ0v) is 14.5. The van der Waals surface area contributed by atoms with E-state index in [0.717, 1.165) is 5.56 Å². The van der Waals surface area contributed by atoms with E-state index in [4.69, 9.17) is 16.3 Å². The molecule has 1 fully saturated rings. The van der Waals surface area contributed by atoms with Gasteiger partial charge in [-0.05, 0) is 12.5 Å². The number of esters is 1. The van der Waals surface area contributed by atoms with E-state index in [1.807, 2.05) is 18.2 Å². The number of nitrogens with one attached hydrogen (secondary N) is 2. The first-order valence-electron chi connectivity index (χ1n) is 7.49. The van der Waals surface area contributed by atoms with Gasteiger partial charge in [-0.1, -0.05) is 29.8 Å². The fourth-order valence-electron chi connectivity index (χ4n) is 2.31. The van der Waals surface area contributed by atoms with Gasteiger partial charge in [-0.3, -0.25) is 14.9 Å². The molecule has 1 aromatic heterocycles. The molecule has 0 radical (unpaired) electrons. The van der Waals surface area contributed by atoms with Crippen molar-refractivity contribution in [2.75, 3.05) is 11.9 Å². The third kappa shape index (κ3) is 4.34. The lowest BCUT2D eigenvalue weighted by molar-refractivity contribution is -0.149. The Balaban J connectivity index is 1.53. The Morgan fingerprint density at radius 2 is 2.20 bits per heavy atom. The van der Waals surface area contributed by atoms with Gasteiger partial charge in [-0.15, -0.1) is 11.3 Å². The Labute approximate surface area is 152 Å². The second-order valence-corrected chi connectivity index (χ2v) is 6.60. The Bertz CT molecular complexity index is 823. The molecule has 1 aliphatic heterocycles. The highest BCUT2D eigenvalue weighted by atomic mass is 35.5. The predicted molar refractivity (Wildman–Crippen MR) is 93.3 cm³/mol. The van der Waals surface area contributed by atoms with Crippen LogP contribution in [-0.2, 0) is 19.1 Å². The molecule has 7 nitrogen and oxygen atoms in total. The highest BCUT2D eigenvalue weighted by molar-refractivity contribution is 7.14. The number of ether oxygens (including phenoxy) is 1. The van der Waals surface area contributed by atoms with Gasteiger partial charge in [0, 0.05) is 22.4 Å². The average molecular weight is 380 g/mol. The fraction of sp³-hybridized carbons (Fsp3) is 0.250. The summed E-state index contributed by atoms with van der Waals surface area (Å²) in [6.45, 7) is -0.438. The van der Waals surface area contributed by atoms with E-state index in [1.165, 1.54) is 11.3 Å². The van der Waals surface area contributed by atoms with Crippen LogP contribution < -0.4 is 10.6 Å². The van der Waals surface area contributed by atoms with Crippen LogP contribution in [0.3, 0.4) is 0 Å². The van der Waals surface area contributed by atoms with Crippen LogP contribution in [0.5, 0.6) is 0 Å². The van der Waals surface area contributed by atoms with Gasteiger partial charge in [0.25, 0.3) is 5.91 Å². The first-order chi connectivity index (χ1) is 12.0. The third-order valence-corrected chi connectivity index (χ3v) is 4.61.